The van der Waals surface area contributed by atoms with Crippen molar-refractivity contribution in [2.24, 2.45) is 0 Å². The smallest absolute Gasteiger partial charge is 0.337 e. The quantitative estimate of drug-likeness (QED) is 0.730. The van der Waals surface area contributed by atoms with Gasteiger partial charge in [0.25, 0.3) is 0 Å². The van der Waals surface area contributed by atoms with Crippen molar-refractivity contribution in [1.29, 1.82) is 0 Å². The molecule has 14 heavy (non-hydrogen) atoms. The molecule has 1 aliphatic rings. The maximum Gasteiger partial charge on any atom is 0.337 e. The number of aromatic nitrogens is 1. The molecule has 0 fully saturated rings. The second kappa shape index (κ2) is 2.87. The average Bonchev–Trinajstić information content (AvgIpc) is 2.59. The molecule has 0 spiro atoms. The summed E-state index contributed by atoms with van der Waals surface area (Å²) >= 11 is 0. The first-order valence-electron chi connectivity index (χ1n) is 4.26. The van der Waals surface area contributed by atoms with E-state index in [2.05, 4.69) is 0 Å². The lowest BCUT2D eigenvalue weighted by atomic mass is 10.0. The highest BCUT2D eigenvalue weighted by atomic mass is 16.4. The molecule has 2 rings (SSSR count). The first kappa shape index (κ1) is 8.80. The normalized spacial score (nSPS) is 19.3. The Kier molecular flexibility index (Phi) is 1.80. The lowest BCUT2D eigenvalue weighted by Crippen LogP contribution is -2.11. The molecular formula is C9H9NO4. The molecule has 1 aliphatic heterocycles. The molecule has 0 radical (unpaired) electrons. The number of carbonyl (C=O) groups is 2. The Morgan fingerprint density at radius 1 is 1.43 bits per heavy atom. The predicted molar refractivity (Wildman–Crippen MR) is 46.4 cm³/mol. The fraction of sp³-hybridized carbons (Fsp3) is 0.333. The van der Waals surface area contributed by atoms with Gasteiger partial charge in [-0.15, -0.1) is 0 Å². The summed E-state index contributed by atoms with van der Waals surface area (Å²) in [6.45, 7) is 0.583. The Morgan fingerprint density at radius 3 is 2.71 bits per heavy atom. The van der Waals surface area contributed by atoms with Crippen LogP contribution in [0.4, 0.5) is 0 Å². The van der Waals surface area contributed by atoms with Gasteiger partial charge in [-0.05, 0) is 12.5 Å². The molecule has 0 saturated carbocycles. The Bertz CT molecular complexity index is 407. The van der Waals surface area contributed by atoms with Crippen LogP contribution in [0.15, 0.2) is 12.3 Å². The minimum Gasteiger partial charge on any atom is -0.481 e. The van der Waals surface area contributed by atoms with Crippen LogP contribution in [0.3, 0.4) is 0 Å². The molecule has 0 aliphatic carbocycles. The van der Waals surface area contributed by atoms with Crippen molar-refractivity contribution >= 4 is 11.9 Å². The Morgan fingerprint density at radius 2 is 2.14 bits per heavy atom. The number of nitrogens with zero attached hydrogens (tertiary/aromatic N) is 1. The summed E-state index contributed by atoms with van der Waals surface area (Å²) in [4.78, 5) is 21.6. The molecule has 2 N–H and O–H groups in total. The summed E-state index contributed by atoms with van der Waals surface area (Å²) in [5.74, 6) is -2.69. The van der Waals surface area contributed by atoms with Crippen LogP contribution in [0.5, 0.6) is 0 Å². The number of rotatable bonds is 2. The summed E-state index contributed by atoms with van der Waals surface area (Å²) in [6, 6.07) is 1.45. The van der Waals surface area contributed by atoms with Gasteiger partial charge in [-0.3, -0.25) is 4.79 Å². The summed E-state index contributed by atoms with van der Waals surface area (Å²) in [5, 5.41) is 17.7. The highest BCUT2D eigenvalue weighted by Gasteiger charge is 2.33. The SMILES string of the molecule is O=C(O)c1ccn2c1C(C(=O)O)CC2. The zero-order valence-electron chi connectivity index (χ0n) is 7.30. The molecule has 1 atom stereocenters. The van der Waals surface area contributed by atoms with Gasteiger partial charge in [-0.25, -0.2) is 4.79 Å². The van der Waals surface area contributed by atoms with E-state index in [9.17, 15) is 9.59 Å². The van der Waals surface area contributed by atoms with Gasteiger partial charge >= 0.3 is 11.9 Å². The highest BCUT2D eigenvalue weighted by molar-refractivity contribution is 5.92. The zero-order chi connectivity index (χ0) is 10.3. The maximum atomic E-state index is 10.8. The number of hydrogen-bond donors (Lipinski definition) is 2. The number of hydrogen-bond acceptors (Lipinski definition) is 2. The van der Waals surface area contributed by atoms with Crippen LogP contribution in [0.25, 0.3) is 0 Å². The molecule has 5 nitrogen and oxygen atoms in total. The topological polar surface area (TPSA) is 79.5 Å². The van der Waals surface area contributed by atoms with Gasteiger partial charge in [-0.1, -0.05) is 0 Å². The van der Waals surface area contributed by atoms with E-state index in [0.29, 0.717) is 18.7 Å². The van der Waals surface area contributed by atoms with Gasteiger partial charge in [0.15, 0.2) is 0 Å². The summed E-state index contributed by atoms with van der Waals surface area (Å²) in [7, 11) is 0. The predicted octanol–water partition coefficient (Wildman–Crippen LogP) is 0.758. The summed E-state index contributed by atoms with van der Waals surface area (Å²) in [5.41, 5.74) is 0.528. The van der Waals surface area contributed by atoms with Gasteiger partial charge in [0, 0.05) is 18.4 Å². The van der Waals surface area contributed by atoms with Crippen LogP contribution in [0.1, 0.15) is 28.4 Å². The van der Waals surface area contributed by atoms with Gasteiger partial charge in [0.05, 0.1) is 11.5 Å². The second-order valence-electron chi connectivity index (χ2n) is 3.29. The second-order valence-corrected chi connectivity index (χ2v) is 3.29. The van der Waals surface area contributed by atoms with Gasteiger partial charge in [0.2, 0.25) is 0 Å². The molecule has 1 aromatic rings. The molecule has 1 unspecified atom stereocenters. The van der Waals surface area contributed by atoms with Crippen molar-refractivity contribution in [2.75, 3.05) is 0 Å². The van der Waals surface area contributed by atoms with Gasteiger partial charge in [0.1, 0.15) is 0 Å². The number of carboxylic acid groups (broad SMARTS) is 2. The van der Waals surface area contributed by atoms with E-state index in [-0.39, 0.29) is 5.56 Å². The molecule has 74 valence electrons. The van der Waals surface area contributed by atoms with Crippen molar-refractivity contribution in [3.8, 4) is 0 Å². The van der Waals surface area contributed by atoms with E-state index < -0.39 is 17.9 Å². The van der Waals surface area contributed by atoms with Crippen LogP contribution in [0, 0.1) is 0 Å². The van der Waals surface area contributed by atoms with Crippen molar-refractivity contribution in [3.63, 3.8) is 0 Å². The Balaban J connectivity index is 2.50. The minimum atomic E-state index is -1.06. The lowest BCUT2D eigenvalue weighted by Gasteiger charge is -2.04. The monoisotopic (exact) mass is 195 g/mol. The van der Waals surface area contributed by atoms with Crippen molar-refractivity contribution in [1.82, 2.24) is 4.57 Å². The third kappa shape index (κ3) is 1.09. The minimum absolute atomic E-state index is 0.106. The van der Waals surface area contributed by atoms with Crippen LogP contribution in [-0.2, 0) is 11.3 Å². The summed E-state index contributed by atoms with van der Waals surface area (Å²) in [6.07, 6.45) is 2.10. The van der Waals surface area contributed by atoms with E-state index in [1.165, 1.54) is 6.07 Å². The highest BCUT2D eigenvalue weighted by Crippen LogP contribution is 2.31. The molecule has 0 amide bonds. The third-order valence-electron chi connectivity index (χ3n) is 2.52. The Hall–Kier alpha value is -1.78. The number of carboxylic acids is 2. The molecule has 0 bridgehead atoms. The van der Waals surface area contributed by atoms with Crippen LogP contribution in [0.2, 0.25) is 0 Å². The van der Waals surface area contributed by atoms with E-state index in [1.807, 2.05) is 0 Å². The first-order valence-corrected chi connectivity index (χ1v) is 4.26. The van der Waals surface area contributed by atoms with Crippen molar-refractivity contribution in [2.45, 2.75) is 18.9 Å². The van der Waals surface area contributed by atoms with E-state index in [1.54, 1.807) is 10.8 Å². The average molecular weight is 195 g/mol. The number of aromatic carboxylic acids is 1. The van der Waals surface area contributed by atoms with Crippen LogP contribution in [-0.4, -0.2) is 26.7 Å². The van der Waals surface area contributed by atoms with E-state index >= 15 is 0 Å². The molecule has 5 heteroatoms. The van der Waals surface area contributed by atoms with Crippen LogP contribution >= 0.6 is 0 Å². The first-order chi connectivity index (χ1) is 6.61. The van der Waals surface area contributed by atoms with Crippen molar-refractivity contribution in [3.05, 3.63) is 23.5 Å². The fourth-order valence-corrected chi connectivity index (χ4v) is 1.89. The molecule has 1 aromatic heterocycles. The summed E-state index contributed by atoms with van der Waals surface area (Å²) < 4.78 is 1.70. The molecule has 0 saturated heterocycles. The van der Waals surface area contributed by atoms with Crippen LogP contribution < -0.4 is 0 Å². The largest absolute Gasteiger partial charge is 0.481 e. The molecule has 0 aromatic carbocycles. The van der Waals surface area contributed by atoms with Gasteiger partial charge < -0.3 is 14.8 Å². The zero-order valence-corrected chi connectivity index (χ0v) is 7.30. The number of fused-ring (bicyclic) bond motifs is 1. The Labute approximate surface area is 79.6 Å². The maximum absolute atomic E-state index is 10.8. The van der Waals surface area contributed by atoms with Gasteiger partial charge in [-0.2, -0.15) is 0 Å². The van der Waals surface area contributed by atoms with Crippen molar-refractivity contribution < 1.29 is 19.8 Å². The fourth-order valence-electron chi connectivity index (χ4n) is 1.89. The van der Waals surface area contributed by atoms with E-state index in [0.717, 1.165) is 0 Å². The number of aliphatic carboxylic acids is 1. The molecule has 2 heterocycles. The third-order valence-corrected chi connectivity index (χ3v) is 2.52. The van der Waals surface area contributed by atoms with E-state index in [4.69, 9.17) is 10.2 Å². The number of aryl methyl sites for hydroxylation is 1. The molecular weight excluding hydrogens is 186 g/mol. The lowest BCUT2D eigenvalue weighted by molar-refractivity contribution is -0.138. The standard InChI is InChI=1S/C9H9NO4/c11-8(12)5-1-3-10-4-2-6(7(5)10)9(13)14/h1,3,6H,2,4H2,(H,11,12)(H,13,14).